The van der Waals surface area contributed by atoms with Gasteiger partial charge in [-0.3, -0.25) is 0 Å². The zero-order valence-electron chi connectivity index (χ0n) is 12.3. The molecular formula is C14H20N4OS. The number of methoxy groups -OCH3 is 1. The van der Waals surface area contributed by atoms with Crippen LogP contribution in [0.1, 0.15) is 24.4 Å². The molecule has 6 heteroatoms. The first-order valence-electron chi connectivity index (χ1n) is 6.65. The lowest BCUT2D eigenvalue weighted by Crippen LogP contribution is -2.07. The molecule has 108 valence electrons. The van der Waals surface area contributed by atoms with Gasteiger partial charge in [0, 0.05) is 17.5 Å². The summed E-state index contributed by atoms with van der Waals surface area (Å²) in [6, 6.07) is 3.70. The van der Waals surface area contributed by atoms with Crippen LogP contribution in [0, 0.1) is 5.92 Å². The van der Waals surface area contributed by atoms with E-state index in [1.54, 1.807) is 18.4 Å². The molecule has 0 radical (unpaired) electrons. The fraction of sp³-hybridized carbons (Fsp3) is 0.500. The number of nitrogens with zero attached hydrogens (tertiary/aromatic N) is 3. The maximum absolute atomic E-state index is 5.02. The van der Waals surface area contributed by atoms with Gasteiger partial charge >= 0.3 is 0 Å². The molecule has 0 saturated heterocycles. The summed E-state index contributed by atoms with van der Waals surface area (Å²) in [7, 11) is 3.53. The Morgan fingerprint density at radius 1 is 1.30 bits per heavy atom. The maximum atomic E-state index is 5.02. The number of ether oxygens (including phenoxy) is 1. The summed E-state index contributed by atoms with van der Waals surface area (Å²) in [5, 5.41) is 12.3. The first-order chi connectivity index (χ1) is 9.63. The predicted octanol–water partition coefficient (Wildman–Crippen LogP) is 2.53. The molecular weight excluding hydrogens is 272 g/mol. The topological polar surface area (TPSA) is 59.9 Å². The second-order valence-corrected chi connectivity index (χ2v) is 6.06. The number of thiazole rings is 1. The lowest BCUT2D eigenvalue weighted by atomic mass is 10.1. The average Bonchev–Trinajstić information content (AvgIpc) is 2.82. The van der Waals surface area contributed by atoms with E-state index in [1.807, 2.05) is 19.2 Å². The summed E-state index contributed by atoms with van der Waals surface area (Å²) < 4.78 is 5.02. The SMILES string of the molecule is CNCc1sc(-c2ccc(OC)nn2)nc1CC(C)C. The molecule has 0 atom stereocenters. The van der Waals surface area contributed by atoms with Crippen molar-refractivity contribution < 1.29 is 4.74 Å². The van der Waals surface area contributed by atoms with E-state index in [4.69, 9.17) is 9.72 Å². The van der Waals surface area contributed by atoms with Gasteiger partial charge in [0.25, 0.3) is 0 Å². The maximum Gasteiger partial charge on any atom is 0.233 e. The number of hydrogen-bond donors (Lipinski definition) is 1. The Balaban J connectivity index is 2.30. The van der Waals surface area contributed by atoms with Crippen molar-refractivity contribution in [1.29, 1.82) is 0 Å². The standard InChI is InChI=1S/C14H20N4OS/c1-9(2)7-11-12(8-15-3)20-14(16-11)10-5-6-13(19-4)18-17-10/h5-6,9,15H,7-8H2,1-4H3. The molecule has 20 heavy (non-hydrogen) atoms. The molecule has 0 spiro atoms. The number of nitrogens with one attached hydrogen (secondary N) is 1. The lowest BCUT2D eigenvalue weighted by Gasteiger charge is -2.03. The molecule has 5 nitrogen and oxygen atoms in total. The van der Waals surface area contributed by atoms with E-state index in [0.717, 1.165) is 29.4 Å². The minimum atomic E-state index is 0.517. The summed E-state index contributed by atoms with van der Waals surface area (Å²) >= 11 is 1.68. The zero-order valence-corrected chi connectivity index (χ0v) is 13.1. The van der Waals surface area contributed by atoms with Gasteiger partial charge in [0.2, 0.25) is 5.88 Å². The molecule has 0 unspecified atom stereocenters. The van der Waals surface area contributed by atoms with Crippen LogP contribution in [0.25, 0.3) is 10.7 Å². The Morgan fingerprint density at radius 2 is 2.10 bits per heavy atom. The van der Waals surface area contributed by atoms with Crippen LogP contribution in [0.2, 0.25) is 0 Å². The fourth-order valence-electron chi connectivity index (χ4n) is 1.88. The first-order valence-corrected chi connectivity index (χ1v) is 7.47. The van der Waals surface area contributed by atoms with Gasteiger partial charge in [0.1, 0.15) is 10.7 Å². The van der Waals surface area contributed by atoms with Gasteiger partial charge in [-0.15, -0.1) is 21.5 Å². The Labute approximate surface area is 123 Å². The minimum absolute atomic E-state index is 0.517. The van der Waals surface area contributed by atoms with Gasteiger partial charge in [-0.2, -0.15) is 0 Å². The van der Waals surface area contributed by atoms with Crippen molar-refractivity contribution in [2.75, 3.05) is 14.2 Å². The van der Waals surface area contributed by atoms with Gasteiger partial charge in [0.15, 0.2) is 0 Å². The van der Waals surface area contributed by atoms with Crippen LogP contribution in [-0.2, 0) is 13.0 Å². The average molecular weight is 292 g/mol. The number of aromatic nitrogens is 3. The summed E-state index contributed by atoms with van der Waals surface area (Å²) in [5.41, 5.74) is 1.95. The van der Waals surface area contributed by atoms with Gasteiger partial charge in [0.05, 0.1) is 12.8 Å². The smallest absolute Gasteiger partial charge is 0.233 e. The molecule has 2 aromatic rings. The van der Waals surface area contributed by atoms with E-state index in [2.05, 4.69) is 29.4 Å². The van der Waals surface area contributed by atoms with Crippen LogP contribution in [0.5, 0.6) is 5.88 Å². The van der Waals surface area contributed by atoms with E-state index in [-0.39, 0.29) is 0 Å². The zero-order chi connectivity index (χ0) is 14.5. The van der Waals surface area contributed by atoms with E-state index >= 15 is 0 Å². The van der Waals surface area contributed by atoms with Gasteiger partial charge in [-0.25, -0.2) is 4.98 Å². The first kappa shape index (κ1) is 14.9. The summed E-state index contributed by atoms with van der Waals surface area (Å²) in [6.45, 7) is 5.24. The molecule has 0 aliphatic heterocycles. The molecule has 2 heterocycles. The Kier molecular flexibility index (Phi) is 5.03. The van der Waals surface area contributed by atoms with Gasteiger partial charge in [-0.05, 0) is 25.5 Å². The molecule has 2 aromatic heterocycles. The lowest BCUT2D eigenvalue weighted by molar-refractivity contribution is 0.392. The molecule has 0 aliphatic carbocycles. The van der Waals surface area contributed by atoms with Crippen molar-refractivity contribution in [3.8, 4) is 16.6 Å². The molecule has 0 fully saturated rings. The largest absolute Gasteiger partial charge is 0.480 e. The monoisotopic (exact) mass is 292 g/mol. The van der Waals surface area contributed by atoms with Crippen LogP contribution in [-0.4, -0.2) is 29.3 Å². The van der Waals surface area contributed by atoms with E-state index in [9.17, 15) is 0 Å². The van der Waals surface area contributed by atoms with Gasteiger partial charge < -0.3 is 10.1 Å². The quantitative estimate of drug-likeness (QED) is 0.886. The highest BCUT2D eigenvalue weighted by Gasteiger charge is 2.14. The summed E-state index contributed by atoms with van der Waals surface area (Å²) in [4.78, 5) is 6.00. The third-order valence-corrected chi connectivity index (χ3v) is 3.91. The highest BCUT2D eigenvalue weighted by molar-refractivity contribution is 7.15. The van der Waals surface area contributed by atoms with E-state index in [0.29, 0.717) is 11.8 Å². The van der Waals surface area contributed by atoms with Crippen molar-refractivity contribution in [2.24, 2.45) is 5.92 Å². The second kappa shape index (κ2) is 6.76. The molecule has 0 bridgehead atoms. The Morgan fingerprint density at radius 3 is 2.65 bits per heavy atom. The third kappa shape index (κ3) is 3.52. The minimum Gasteiger partial charge on any atom is -0.480 e. The van der Waals surface area contributed by atoms with Crippen LogP contribution >= 0.6 is 11.3 Å². The molecule has 0 aromatic carbocycles. The second-order valence-electron chi connectivity index (χ2n) is 4.98. The number of rotatable bonds is 6. The van der Waals surface area contributed by atoms with Crippen molar-refractivity contribution in [2.45, 2.75) is 26.8 Å². The molecule has 1 N–H and O–H groups in total. The highest BCUT2D eigenvalue weighted by atomic mass is 32.1. The predicted molar refractivity (Wildman–Crippen MR) is 81.0 cm³/mol. The fourth-order valence-corrected chi connectivity index (χ4v) is 2.95. The van der Waals surface area contributed by atoms with Crippen LogP contribution in [0.4, 0.5) is 0 Å². The summed E-state index contributed by atoms with van der Waals surface area (Å²) in [6.07, 6.45) is 0.983. The molecule has 0 amide bonds. The van der Waals surface area contributed by atoms with Crippen molar-refractivity contribution >= 4 is 11.3 Å². The molecule has 0 saturated carbocycles. The van der Waals surface area contributed by atoms with E-state index in [1.165, 1.54) is 4.88 Å². The van der Waals surface area contributed by atoms with Crippen molar-refractivity contribution in [3.05, 3.63) is 22.7 Å². The Bertz CT molecular complexity index is 551. The van der Waals surface area contributed by atoms with Crippen LogP contribution in [0.15, 0.2) is 12.1 Å². The Hall–Kier alpha value is -1.53. The van der Waals surface area contributed by atoms with Crippen LogP contribution in [0.3, 0.4) is 0 Å². The van der Waals surface area contributed by atoms with Gasteiger partial charge in [-0.1, -0.05) is 13.8 Å². The molecule has 2 rings (SSSR count). The van der Waals surface area contributed by atoms with Crippen molar-refractivity contribution in [3.63, 3.8) is 0 Å². The number of hydrogen-bond acceptors (Lipinski definition) is 6. The highest BCUT2D eigenvalue weighted by Crippen LogP contribution is 2.28. The third-order valence-electron chi connectivity index (χ3n) is 2.79. The van der Waals surface area contributed by atoms with E-state index < -0.39 is 0 Å². The normalized spacial score (nSPS) is 11.1. The molecule has 0 aliphatic rings. The summed E-state index contributed by atoms with van der Waals surface area (Å²) in [5.74, 6) is 1.10. The van der Waals surface area contributed by atoms with Crippen molar-refractivity contribution in [1.82, 2.24) is 20.5 Å². The van der Waals surface area contributed by atoms with Crippen LogP contribution < -0.4 is 10.1 Å².